The van der Waals surface area contributed by atoms with Gasteiger partial charge in [-0.25, -0.2) is 0 Å². The van der Waals surface area contributed by atoms with Crippen molar-refractivity contribution in [3.8, 4) is 0 Å². The fourth-order valence-corrected chi connectivity index (χ4v) is 3.35. The number of hydrogen-bond acceptors (Lipinski definition) is 10. The van der Waals surface area contributed by atoms with Crippen LogP contribution < -0.4 is 10.6 Å². The molecular formula is C18H34N4O10. The van der Waals surface area contributed by atoms with Gasteiger partial charge in [-0.3, -0.25) is 29.0 Å². The van der Waals surface area contributed by atoms with Crippen molar-refractivity contribution in [2.75, 3.05) is 72.1 Å². The van der Waals surface area contributed by atoms with Crippen LogP contribution in [0.4, 0.5) is 0 Å². The van der Waals surface area contributed by atoms with Crippen molar-refractivity contribution >= 4 is 23.9 Å². The van der Waals surface area contributed by atoms with Crippen molar-refractivity contribution in [1.29, 1.82) is 0 Å². The molecule has 14 heteroatoms. The number of rotatable bonds is 21. The van der Waals surface area contributed by atoms with Gasteiger partial charge in [0.15, 0.2) is 0 Å². The highest BCUT2D eigenvalue weighted by atomic mass is 16.4. The van der Waals surface area contributed by atoms with Crippen LogP contribution in [0.3, 0.4) is 0 Å². The normalized spacial score (nSPS) is 11.8. The third kappa shape index (κ3) is 13.1. The summed E-state index contributed by atoms with van der Waals surface area (Å²) in [5, 5.41) is 61.4. The highest BCUT2D eigenvalue weighted by Crippen LogP contribution is 2.26. The molecule has 0 unspecified atom stereocenters. The van der Waals surface area contributed by atoms with Gasteiger partial charge in [-0.1, -0.05) is 0 Å². The lowest BCUT2D eigenvalue weighted by atomic mass is 9.87. The highest BCUT2D eigenvalue weighted by Gasteiger charge is 2.44. The summed E-state index contributed by atoms with van der Waals surface area (Å²) in [6, 6.07) is 0. The van der Waals surface area contributed by atoms with Gasteiger partial charge in [0.2, 0.25) is 0 Å². The van der Waals surface area contributed by atoms with Crippen molar-refractivity contribution < 1.29 is 49.8 Å². The fourth-order valence-electron chi connectivity index (χ4n) is 3.35. The minimum atomic E-state index is -1.84. The minimum absolute atomic E-state index is 0.00268. The van der Waals surface area contributed by atoms with Crippen LogP contribution in [0.25, 0.3) is 0 Å². The van der Waals surface area contributed by atoms with Gasteiger partial charge >= 0.3 is 23.9 Å². The number of aliphatic hydroxyl groups is 2. The van der Waals surface area contributed by atoms with Gasteiger partial charge in [0, 0.05) is 45.8 Å². The Balaban J connectivity index is 5.64. The van der Waals surface area contributed by atoms with Gasteiger partial charge in [-0.2, -0.15) is 0 Å². The molecule has 186 valence electrons. The molecule has 0 aliphatic carbocycles. The van der Waals surface area contributed by atoms with Gasteiger partial charge in [0.05, 0.1) is 44.7 Å². The van der Waals surface area contributed by atoms with E-state index in [0.29, 0.717) is 26.2 Å². The number of carboxylic acids is 4. The molecule has 0 aliphatic rings. The van der Waals surface area contributed by atoms with Crippen molar-refractivity contribution in [3.05, 3.63) is 0 Å². The van der Waals surface area contributed by atoms with Gasteiger partial charge in [-0.15, -0.1) is 0 Å². The van der Waals surface area contributed by atoms with E-state index >= 15 is 0 Å². The molecule has 0 aromatic carbocycles. The van der Waals surface area contributed by atoms with Gasteiger partial charge < -0.3 is 41.3 Å². The number of aliphatic carboxylic acids is 4. The highest BCUT2D eigenvalue weighted by molar-refractivity contribution is 5.76. The van der Waals surface area contributed by atoms with Crippen LogP contribution in [-0.2, 0) is 19.2 Å². The summed E-state index contributed by atoms with van der Waals surface area (Å²) in [5.41, 5.74) is -1.84. The number of carboxylic acid groups (broad SMARTS) is 4. The number of carbonyl (C=O) groups is 4. The lowest BCUT2D eigenvalue weighted by Gasteiger charge is -2.44. The zero-order valence-electron chi connectivity index (χ0n) is 17.9. The third-order valence-electron chi connectivity index (χ3n) is 4.59. The van der Waals surface area contributed by atoms with Crippen LogP contribution >= 0.6 is 0 Å². The summed E-state index contributed by atoms with van der Waals surface area (Å²) in [5.74, 6) is -5.69. The summed E-state index contributed by atoms with van der Waals surface area (Å²) in [7, 11) is 0. The molecule has 0 atom stereocenters. The van der Waals surface area contributed by atoms with E-state index in [1.807, 2.05) is 0 Å². The Morgan fingerprint density at radius 1 is 0.656 bits per heavy atom. The van der Waals surface area contributed by atoms with Crippen molar-refractivity contribution in [1.82, 2.24) is 20.4 Å². The Kier molecular flexibility index (Phi) is 15.1. The molecule has 0 amide bonds. The Bertz CT molecular complexity index is 572. The maximum Gasteiger partial charge on any atom is 0.317 e. The van der Waals surface area contributed by atoms with Crippen LogP contribution in [0.5, 0.6) is 0 Å². The third-order valence-corrected chi connectivity index (χ3v) is 4.59. The van der Waals surface area contributed by atoms with E-state index in [2.05, 4.69) is 10.6 Å². The van der Waals surface area contributed by atoms with E-state index in [9.17, 15) is 44.7 Å². The molecule has 8 N–H and O–H groups in total. The van der Waals surface area contributed by atoms with E-state index in [-0.39, 0.29) is 32.8 Å². The molecule has 0 spiro atoms. The second-order valence-corrected chi connectivity index (χ2v) is 7.23. The van der Waals surface area contributed by atoms with Crippen molar-refractivity contribution in [2.24, 2.45) is 0 Å². The first-order chi connectivity index (χ1) is 15.1. The summed E-state index contributed by atoms with van der Waals surface area (Å²) in [4.78, 5) is 48.2. The maximum absolute atomic E-state index is 11.6. The molecule has 0 aliphatic heterocycles. The van der Waals surface area contributed by atoms with E-state index < -0.39 is 55.3 Å². The molecule has 0 fully saturated rings. The molecule has 0 aromatic rings. The van der Waals surface area contributed by atoms with Crippen LogP contribution in [0, 0.1) is 0 Å². The molecular weight excluding hydrogens is 432 g/mol. The van der Waals surface area contributed by atoms with Gasteiger partial charge in [0.1, 0.15) is 0 Å². The first-order valence-electron chi connectivity index (χ1n) is 10.0. The molecule has 32 heavy (non-hydrogen) atoms. The fraction of sp³-hybridized carbons (Fsp3) is 0.778. The average Bonchev–Trinajstić information content (AvgIpc) is 2.65. The molecule has 0 bridgehead atoms. The molecule has 0 heterocycles. The second-order valence-electron chi connectivity index (χ2n) is 7.23. The lowest BCUT2D eigenvalue weighted by Crippen LogP contribution is -2.61. The molecule has 0 rings (SSSR count). The van der Waals surface area contributed by atoms with E-state index in [1.54, 1.807) is 4.90 Å². The van der Waals surface area contributed by atoms with Gasteiger partial charge in [0.25, 0.3) is 0 Å². The molecule has 0 aromatic heterocycles. The van der Waals surface area contributed by atoms with Crippen LogP contribution in [0.1, 0.15) is 12.8 Å². The zero-order valence-corrected chi connectivity index (χ0v) is 17.9. The number of nitrogens with zero attached hydrogens (tertiary/aromatic N) is 2. The predicted molar refractivity (Wildman–Crippen MR) is 110 cm³/mol. The topological polar surface area (TPSA) is 220 Å². The van der Waals surface area contributed by atoms with Gasteiger partial charge in [-0.05, 0) is 0 Å². The zero-order chi connectivity index (χ0) is 24.6. The Morgan fingerprint density at radius 3 is 1.56 bits per heavy atom. The first kappa shape index (κ1) is 29.6. The first-order valence-corrected chi connectivity index (χ1v) is 10.0. The van der Waals surface area contributed by atoms with Crippen molar-refractivity contribution in [2.45, 2.75) is 18.4 Å². The quantitative estimate of drug-likeness (QED) is 0.0773. The predicted octanol–water partition coefficient (Wildman–Crippen LogP) is -3.39. The maximum atomic E-state index is 11.6. The smallest absolute Gasteiger partial charge is 0.317 e. The van der Waals surface area contributed by atoms with Crippen LogP contribution in [-0.4, -0.2) is 142 Å². The molecule has 0 saturated carbocycles. The summed E-state index contributed by atoms with van der Waals surface area (Å²) in [6.45, 7) is -0.0900. The van der Waals surface area contributed by atoms with Crippen molar-refractivity contribution in [3.63, 3.8) is 0 Å². The van der Waals surface area contributed by atoms with Crippen LogP contribution in [0.2, 0.25) is 0 Å². The number of hydrogen-bond donors (Lipinski definition) is 8. The largest absolute Gasteiger partial charge is 0.481 e. The minimum Gasteiger partial charge on any atom is -0.481 e. The second kappa shape index (κ2) is 16.3. The summed E-state index contributed by atoms with van der Waals surface area (Å²) < 4.78 is 0. The Labute approximate surface area is 185 Å². The van der Waals surface area contributed by atoms with E-state index in [1.165, 1.54) is 0 Å². The van der Waals surface area contributed by atoms with E-state index in [0.717, 1.165) is 4.90 Å². The van der Waals surface area contributed by atoms with Crippen LogP contribution in [0.15, 0.2) is 0 Å². The monoisotopic (exact) mass is 466 g/mol. The Hall–Kier alpha value is -2.36. The Morgan fingerprint density at radius 2 is 1.16 bits per heavy atom. The molecule has 0 saturated heterocycles. The lowest BCUT2D eigenvalue weighted by molar-refractivity contribution is -0.155. The summed E-state index contributed by atoms with van der Waals surface area (Å²) >= 11 is 0. The standard InChI is InChI=1S/C18H34N4O10/c23-7-4-20-2-1-19-3-5-21(6-8-24)13-18(9-14(25)26,10-15(27)28)22(11-16(29)30)12-17(31)32/h19-20,23-24H,1-13H2,(H,25,26)(H,27,28)(H,29,30)(H,31,32). The average molecular weight is 466 g/mol. The summed E-state index contributed by atoms with van der Waals surface area (Å²) in [6.07, 6.45) is -1.61. The number of nitrogens with one attached hydrogen (secondary N) is 2. The number of aliphatic hydroxyl groups excluding tert-OH is 2. The molecule has 0 radical (unpaired) electrons. The van der Waals surface area contributed by atoms with E-state index in [4.69, 9.17) is 5.11 Å². The SMILES string of the molecule is O=C(O)CN(CC(=O)O)C(CC(=O)O)(CC(=O)O)CN(CCO)CCNCCNCCO. The molecule has 14 nitrogen and oxygen atoms in total.